The predicted molar refractivity (Wildman–Crippen MR) is 146 cm³/mol. The third-order valence-electron chi connectivity index (χ3n) is 6.38. The number of rotatable bonds is 16. The van der Waals surface area contributed by atoms with E-state index in [1.807, 2.05) is 18.2 Å². The Bertz CT molecular complexity index is 1440. The number of benzene rings is 1. The highest BCUT2D eigenvalue weighted by atomic mass is 16.4. The van der Waals surface area contributed by atoms with Crippen LogP contribution >= 0.6 is 0 Å². The Hall–Kier alpha value is -5.25. The van der Waals surface area contributed by atoms with Gasteiger partial charge < -0.3 is 47.6 Å². The quantitative estimate of drug-likeness (QED) is 0.0918. The molecule has 16 nitrogen and oxygen atoms in total. The van der Waals surface area contributed by atoms with Gasteiger partial charge in [-0.15, -0.1) is 0 Å². The fourth-order valence-electron chi connectivity index (χ4n) is 4.18. The molecule has 0 saturated heterocycles. The number of carbonyl (C=O) groups is 6. The molecule has 4 amide bonds. The molecule has 0 radical (unpaired) electrons. The number of para-hydroxylation sites is 1. The van der Waals surface area contributed by atoms with E-state index in [0.717, 1.165) is 10.9 Å². The van der Waals surface area contributed by atoms with Crippen molar-refractivity contribution in [3.8, 4) is 0 Å². The first kappa shape index (κ1) is 31.3. The van der Waals surface area contributed by atoms with Crippen molar-refractivity contribution < 1.29 is 39.0 Å². The average molecular weight is 585 g/mol. The van der Waals surface area contributed by atoms with Crippen molar-refractivity contribution >= 4 is 46.5 Å². The molecule has 2 heterocycles. The number of aromatic amines is 2. The van der Waals surface area contributed by atoms with Crippen molar-refractivity contribution in [1.29, 1.82) is 0 Å². The number of primary amides is 1. The van der Waals surface area contributed by atoms with Crippen molar-refractivity contribution in [2.24, 2.45) is 11.5 Å². The first-order chi connectivity index (χ1) is 19.9. The van der Waals surface area contributed by atoms with E-state index >= 15 is 0 Å². The number of nitrogens with one attached hydrogen (secondary N) is 5. The van der Waals surface area contributed by atoms with Crippen LogP contribution in [0.15, 0.2) is 43.0 Å². The standard InChI is InChI=1S/C26H32N8O8/c27-16(5-6-21(28)35)23(38)32-18(7-13-10-30-17-4-2-1-3-15(13)17)24(39)33-19(8-14-11-29-12-31-14)25(40)34-20(26(41)42)9-22(36)37/h1-4,10-12,16,18-20,30H,5-9,27H2,(H2,28,35)(H,29,31)(H,32,38)(H,33,39)(H,34,40)(H,36,37)(H,41,42). The summed E-state index contributed by atoms with van der Waals surface area (Å²) in [5.41, 5.74) is 12.9. The van der Waals surface area contributed by atoms with Crippen LogP contribution in [-0.4, -0.2) is 84.9 Å². The number of nitrogens with zero attached hydrogens (tertiary/aromatic N) is 1. The van der Waals surface area contributed by atoms with Gasteiger partial charge in [-0.25, -0.2) is 9.78 Å². The lowest BCUT2D eigenvalue weighted by Gasteiger charge is -2.25. The third-order valence-corrected chi connectivity index (χ3v) is 6.38. The minimum Gasteiger partial charge on any atom is -0.481 e. The normalized spacial score (nSPS) is 13.8. The van der Waals surface area contributed by atoms with Crippen LogP contribution in [0.2, 0.25) is 0 Å². The lowest BCUT2D eigenvalue weighted by molar-refractivity contribution is -0.147. The van der Waals surface area contributed by atoms with Crippen LogP contribution in [0.1, 0.15) is 30.5 Å². The number of hydrogen-bond donors (Lipinski definition) is 9. The van der Waals surface area contributed by atoms with Crippen LogP contribution < -0.4 is 27.4 Å². The zero-order chi connectivity index (χ0) is 30.8. The van der Waals surface area contributed by atoms with E-state index in [0.29, 0.717) is 11.3 Å². The maximum absolute atomic E-state index is 13.6. The van der Waals surface area contributed by atoms with E-state index in [4.69, 9.17) is 16.6 Å². The highest BCUT2D eigenvalue weighted by Crippen LogP contribution is 2.19. The largest absolute Gasteiger partial charge is 0.481 e. The molecule has 4 atom stereocenters. The topological polar surface area (TPSA) is 275 Å². The van der Waals surface area contributed by atoms with Gasteiger partial charge in [-0.3, -0.25) is 24.0 Å². The van der Waals surface area contributed by atoms with Crippen LogP contribution in [-0.2, 0) is 41.6 Å². The number of H-pyrrole nitrogens is 2. The number of hydrogen-bond acceptors (Lipinski definition) is 8. The summed E-state index contributed by atoms with van der Waals surface area (Å²) in [4.78, 5) is 83.1. The Balaban J connectivity index is 1.86. The number of aromatic nitrogens is 3. The zero-order valence-corrected chi connectivity index (χ0v) is 22.3. The second-order valence-corrected chi connectivity index (χ2v) is 9.58. The fraction of sp³-hybridized carbons (Fsp3) is 0.346. The number of aliphatic carboxylic acids is 2. The fourth-order valence-corrected chi connectivity index (χ4v) is 4.18. The summed E-state index contributed by atoms with van der Waals surface area (Å²) in [7, 11) is 0. The molecule has 0 bridgehead atoms. The molecule has 11 N–H and O–H groups in total. The van der Waals surface area contributed by atoms with Crippen molar-refractivity contribution in [2.45, 2.75) is 56.3 Å². The van der Waals surface area contributed by atoms with Crippen molar-refractivity contribution in [3.05, 3.63) is 54.2 Å². The number of carboxylic acids is 2. The summed E-state index contributed by atoms with van der Waals surface area (Å²) >= 11 is 0. The summed E-state index contributed by atoms with van der Waals surface area (Å²) in [6.07, 6.45) is 3.10. The number of carboxylic acid groups (broad SMARTS) is 2. The summed E-state index contributed by atoms with van der Waals surface area (Å²) in [5.74, 6) is -6.19. The molecule has 0 aliphatic heterocycles. The van der Waals surface area contributed by atoms with E-state index in [9.17, 15) is 33.9 Å². The van der Waals surface area contributed by atoms with Crippen molar-refractivity contribution in [1.82, 2.24) is 30.9 Å². The summed E-state index contributed by atoms with van der Waals surface area (Å²) < 4.78 is 0. The Kier molecular flexibility index (Phi) is 10.7. The molecular weight excluding hydrogens is 552 g/mol. The van der Waals surface area contributed by atoms with Gasteiger partial charge in [-0.2, -0.15) is 0 Å². The minimum atomic E-state index is -1.76. The van der Waals surface area contributed by atoms with Gasteiger partial charge >= 0.3 is 11.9 Å². The second-order valence-electron chi connectivity index (χ2n) is 9.58. The van der Waals surface area contributed by atoms with Gasteiger partial charge in [0.1, 0.15) is 18.1 Å². The SMILES string of the molecule is NC(=O)CCC(N)C(=O)NC(Cc1c[nH]c2ccccc12)C(=O)NC(Cc1cnc[nH]1)C(=O)NC(CC(=O)O)C(=O)O. The molecule has 3 aromatic rings. The molecule has 0 aliphatic carbocycles. The maximum atomic E-state index is 13.6. The zero-order valence-electron chi connectivity index (χ0n) is 22.3. The molecule has 16 heteroatoms. The van der Waals surface area contributed by atoms with E-state index in [1.54, 1.807) is 12.3 Å². The van der Waals surface area contributed by atoms with Gasteiger partial charge in [-0.1, -0.05) is 18.2 Å². The van der Waals surface area contributed by atoms with Crippen LogP contribution in [0, 0.1) is 0 Å². The number of imidazole rings is 1. The van der Waals surface area contributed by atoms with Crippen LogP contribution in [0.3, 0.4) is 0 Å². The van der Waals surface area contributed by atoms with Gasteiger partial charge in [0.15, 0.2) is 0 Å². The molecule has 3 rings (SSSR count). The van der Waals surface area contributed by atoms with Gasteiger partial charge in [0.2, 0.25) is 23.6 Å². The van der Waals surface area contributed by atoms with E-state index in [1.165, 1.54) is 12.5 Å². The summed E-state index contributed by atoms with van der Waals surface area (Å²) in [5, 5.41) is 26.4. The van der Waals surface area contributed by atoms with Gasteiger partial charge in [0, 0.05) is 48.3 Å². The van der Waals surface area contributed by atoms with Gasteiger partial charge in [-0.05, 0) is 18.1 Å². The summed E-state index contributed by atoms with van der Waals surface area (Å²) in [6, 6.07) is 1.69. The molecule has 1 aromatic carbocycles. The molecule has 42 heavy (non-hydrogen) atoms. The van der Waals surface area contributed by atoms with E-state index < -0.39 is 66.2 Å². The monoisotopic (exact) mass is 584 g/mol. The Morgan fingerprint density at radius 1 is 0.881 bits per heavy atom. The highest BCUT2D eigenvalue weighted by Gasteiger charge is 2.32. The smallest absolute Gasteiger partial charge is 0.326 e. The molecule has 224 valence electrons. The first-order valence-corrected chi connectivity index (χ1v) is 12.9. The van der Waals surface area contributed by atoms with Crippen LogP contribution in [0.5, 0.6) is 0 Å². The lowest BCUT2D eigenvalue weighted by Crippen LogP contribution is -2.58. The number of fused-ring (bicyclic) bond motifs is 1. The number of carbonyl (C=O) groups excluding carboxylic acids is 4. The Morgan fingerprint density at radius 3 is 2.14 bits per heavy atom. The lowest BCUT2D eigenvalue weighted by atomic mass is 10.0. The number of nitrogens with two attached hydrogens (primary N) is 2. The summed E-state index contributed by atoms with van der Waals surface area (Å²) in [6.45, 7) is 0. The number of amides is 4. The van der Waals surface area contributed by atoms with Gasteiger partial charge in [0.25, 0.3) is 0 Å². The maximum Gasteiger partial charge on any atom is 0.326 e. The van der Waals surface area contributed by atoms with Crippen LogP contribution in [0.25, 0.3) is 10.9 Å². The third kappa shape index (κ3) is 8.88. The average Bonchev–Trinajstić information content (AvgIpc) is 3.60. The molecular formula is C26H32N8O8. The molecule has 4 unspecified atom stereocenters. The molecule has 0 spiro atoms. The molecule has 0 saturated carbocycles. The molecule has 2 aromatic heterocycles. The molecule has 0 fully saturated rings. The molecule has 0 aliphatic rings. The van der Waals surface area contributed by atoms with E-state index in [-0.39, 0.29) is 25.7 Å². The Labute approximate surface area is 238 Å². The predicted octanol–water partition coefficient (Wildman–Crippen LogP) is -1.72. The Morgan fingerprint density at radius 2 is 1.52 bits per heavy atom. The van der Waals surface area contributed by atoms with Gasteiger partial charge in [0.05, 0.1) is 18.8 Å². The highest BCUT2D eigenvalue weighted by molar-refractivity contribution is 5.95. The van der Waals surface area contributed by atoms with Crippen molar-refractivity contribution in [3.63, 3.8) is 0 Å². The van der Waals surface area contributed by atoms with Crippen LogP contribution in [0.4, 0.5) is 0 Å². The first-order valence-electron chi connectivity index (χ1n) is 12.9. The van der Waals surface area contributed by atoms with Crippen molar-refractivity contribution in [2.75, 3.05) is 0 Å². The minimum absolute atomic E-state index is 0.0285. The van der Waals surface area contributed by atoms with E-state index in [2.05, 4.69) is 30.9 Å². The second kappa shape index (κ2) is 14.4.